The second kappa shape index (κ2) is 5.42. The summed E-state index contributed by atoms with van der Waals surface area (Å²) in [5.74, 6) is -1.96. The Hall–Kier alpha value is -1.85. The molecule has 0 spiro atoms. The molecule has 104 valence electrons. The summed E-state index contributed by atoms with van der Waals surface area (Å²) < 4.78 is 5.02. The quantitative estimate of drug-likeness (QED) is 0.874. The first-order chi connectivity index (χ1) is 9.00. The standard InChI is InChI=1S/C13H18N2O4/c1-7-8(2)15-19-12(7)14-11(16)9-5-3-4-6-10(9)13(17)18/h9-10H,3-6H2,1-2H3,(H,14,16)(H,17,18). The third-order valence-corrected chi connectivity index (χ3v) is 3.81. The highest BCUT2D eigenvalue weighted by molar-refractivity contribution is 5.94. The number of rotatable bonds is 3. The van der Waals surface area contributed by atoms with Gasteiger partial charge in [0.05, 0.1) is 17.5 Å². The number of carbonyl (C=O) groups excluding carboxylic acids is 1. The number of hydrogen-bond donors (Lipinski definition) is 2. The van der Waals surface area contributed by atoms with E-state index in [1.807, 2.05) is 0 Å². The lowest BCUT2D eigenvalue weighted by Gasteiger charge is -2.26. The van der Waals surface area contributed by atoms with Crippen molar-refractivity contribution in [2.24, 2.45) is 11.8 Å². The number of aryl methyl sites for hydroxylation is 1. The van der Waals surface area contributed by atoms with Crippen molar-refractivity contribution < 1.29 is 19.2 Å². The first kappa shape index (κ1) is 13.6. The van der Waals surface area contributed by atoms with Crippen molar-refractivity contribution >= 4 is 17.8 Å². The van der Waals surface area contributed by atoms with Gasteiger partial charge in [0.2, 0.25) is 11.8 Å². The van der Waals surface area contributed by atoms with Crippen LogP contribution in [0, 0.1) is 25.7 Å². The third kappa shape index (κ3) is 2.77. The first-order valence-electron chi connectivity index (χ1n) is 6.47. The summed E-state index contributed by atoms with van der Waals surface area (Å²) in [7, 11) is 0. The van der Waals surface area contributed by atoms with Crippen LogP contribution < -0.4 is 5.32 Å². The van der Waals surface area contributed by atoms with Crippen LogP contribution in [0.4, 0.5) is 5.88 Å². The molecule has 19 heavy (non-hydrogen) atoms. The fraction of sp³-hybridized carbons (Fsp3) is 0.615. The maximum Gasteiger partial charge on any atom is 0.307 e. The number of nitrogens with one attached hydrogen (secondary N) is 1. The molecule has 0 bridgehead atoms. The number of anilines is 1. The largest absolute Gasteiger partial charge is 0.481 e. The molecule has 2 rings (SSSR count). The van der Waals surface area contributed by atoms with Gasteiger partial charge in [-0.1, -0.05) is 18.0 Å². The van der Waals surface area contributed by atoms with Gasteiger partial charge in [-0.25, -0.2) is 0 Å². The predicted molar refractivity (Wildman–Crippen MR) is 67.7 cm³/mol. The zero-order valence-corrected chi connectivity index (χ0v) is 11.1. The summed E-state index contributed by atoms with van der Waals surface area (Å²) in [6.45, 7) is 3.59. The lowest BCUT2D eigenvalue weighted by Crippen LogP contribution is -2.36. The summed E-state index contributed by atoms with van der Waals surface area (Å²) in [5.41, 5.74) is 1.49. The van der Waals surface area contributed by atoms with E-state index < -0.39 is 17.8 Å². The highest BCUT2D eigenvalue weighted by Gasteiger charge is 2.36. The van der Waals surface area contributed by atoms with E-state index >= 15 is 0 Å². The van der Waals surface area contributed by atoms with Crippen LogP contribution in [0.15, 0.2) is 4.52 Å². The number of carboxylic acid groups (broad SMARTS) is 1. The van der Waals surface area contributed by atoms with Gasteiger partial charge in [-0.2, -0.15) is 0 Å². The zero-order chi connectivity index (χ0) is 14.0. The first-order valence-corrected chi connectivity index (χ1v) is 6.47. The van der Waals surface area contributed by atoms with E-state index in [-0.39, 0.29) is 5.91 Å². The maximum absolute atomic E-state index is 12.2. The SMILES string of the molecule is Cc1noc(NC(=O)C2CCCCC2C(=O)O)c1C. The van der Waals surface area contributed by atoms with E-state index in [0.717, 1.165) is 18.4 Å². The van der Waals surface area contributed by atoms with Crippen molar-refractivity contribution in [3.8, 4) is 0 Å². The molecule has 0 aliphatic heterocycles. The number of amides is 1. The number of aromatic nitrogens is 1. The Morgan fingerprint density at radius 1 is 1.26 bits per heavy atom. The van der Waals surface area contributed by atoms with E-state index in [4.69, 9.17) is 9.63 Å². The van der Waals surface area contributed by atoms with Gasteiger partial charge in [-0.05, 0) is 26.7 Å². The Kier molecular flexibility index (Phi) is 3.87. The second-order valence-electron chi connectivity index (χ2n) is 5.05. The van der Waals surface area contributed by atoms with Gasteiger partial charge in [0.1, 0.15) is 0 Å². The van der Waals surface area contributed by atoms with E-state index in [2.05, 4.69) is 10.5 Å². The highest BCUT2D eigenvalue weighted by Crippen LogP contribution is 2.31. The Bertz CT molecular complexity index is 495. The van der Waals surface area contributed by atoms with Crippen LogP contribution in [0.2, 0.25) is 0 Å². The molecule has 0 radical (unpaired) electrons. The molecule has 1 aromatic rings. The zero-order valence-electron chi connectivity index (χ0n) is 11.1. The van der Waals surface area contributed by atoms with Crippen LogP contribution in [0.25, 0.3) is 0 Å². The molecule has 0 aromatic carbocycles. The summed E-state index contributed by atoms with van der Waals surface area (Å²) in [6.07, 6.45) is 2.91. The molecule has 1 aliphatic carbocycles. The molecule has 1 saturated carbocycles. The number of nitrogens with zero attached hydrogens (tertiary/aromatic N) is 1. The van der Waals surface area contributed by atoms with Crippen molar-refractivity contribution in [3.63, 3.8) is 0 Å². The Morgan fingerprint density at radius 2 is 1.89 bits per heavy atom. The van der Waals surface area contributed by atoms with Crippen molar-refractivity contribution in [2.45, 2.75) is 39.5 Å². The minimum Gasteiger partial charge on any atom is -0.481 e. The van der Waals surface area contributed by atoms with Crippen molar-refractivity contribution in [2.75, 3.05) is 5.32 Å². The van der Waals surface area contributed by atoms with Crippen molar-refractivity contribution in [1.82, 2.24) is 5.16 Å². The lowest BCUT2D eigenvalue weighted by atomic mass is 9.79. The van der Waals surface area contributed by atoms with E-state index in [9.17, 15) is 9.59 Å². The highest BCUT2D eigenvalue weighted by atomic mass is 16.5. The van der Waals surface area contributed by atoms with E-state index in [0.29, 0.717) is 24.4 Å². The van der Waals surface area contributed by atoms with Crippen LogP contribution in [0.3, 0.4) is 0 Å². The van der Waals surface area contributed by atoms with Gasteiger partial charge in [0.25, 0.3) is 0 Å². The molecular weight excluding hydrogens is 248 g/mol. The lowest BCUT2D eigenvalue weighted by molar-refractivity contribution is -0.147. The van der Waals surface area contributed by atoms with E-state index in [1.165, 1.54) is 0 Å². The van der Waals surface area contributed by atoms with Crippen LogP contribution in [-0.2, 0) is 9.59 Å². The fourth-order valence-corrected chi connectivity index (χ4v) is 2.48. The number of hydrogen-bond acceptors (Lipinski definition) is 4. The molecule has 1 heterocycles. The molecule has 2 unspecified atom stereocenters. The number of aliphatic carboxylic acids is 1. The Labute approximate surface area is 111 Å². The van der Waals surface area contributed by atoms with Crippen molar-refractivity contribution in [1.29, 1.82) is 0 Å². The summed E-state index contributed by atoms with van der Waals surface area (Å²) in [5, 5.41) is 15.6. The summed E-state index contributed by atoms with van der Waals surface area (Å²) >= 11 is 0. The number of carboxylic acids is 1. The van der Waals surface area contributed by atoms with Gasteiger partial charge in [-0.3, -0.25) is 14.9 Å². The molecule has 1 amide bonds. The Balaban J connectivity index is 2.10. The average Bonchev–Trinajstić information content (AvgIpc) is 2.70. The van der Waals surface area contributed by atoms with Gasteiger partial charge >= 0.3 is 5.97 Å². The average molecular weight is 266 g/mol. The molecule has 2 N–H and O–H groups in total. The van der Waals surface area contributed by atoms with Crippen molar-refractivity contribution in [3.05, 3.63) is 11.3 Å². The Morgan fingerprint density at radius 3 is 2.42 bits per heavy atom. The summed E-state index contributed by atoms with van der Waals surface area (Å²) in [6, 6.07) is 0. The minimum atomic E-state index is -0.898. The monoisotopic (exact) mass is 266 g/mol. The summed E-state index contributed by atoms with van der Waals surface area (Å²) in [4.78, 5) is 23.4. The topological polar surface area (TPSA) is 92.4 Å². The third-order valence-electron chi connectivity index (χ3n) is 3.81. The molecule has 6 nitrogen and oxygen atoms in total. The molecular formula is C13H18N2O4. The van der Waals surface area contributed by atoms with Gasteiger partial charge in [0.15, 0.2) is 0 Å². The molecule has 2 atom stereocenters. The van der Waals surface area contributed by atoms with Crippen LogP contribution in [-0.4, -0.2) is 22.1 Å². The van der Waals surface area contributed by atoms with Gasteiger partial charge < -0.3 is 9.63 Å². The van der Waals surface area contributed by atoms with Crippen LogP contribution >= 0.6 is 0 Å². The van der Waals surface area contributed by atoms with E-state index in [1.54, 1.807) is 13.8 Å². The van der Waals surface area contributed by atoms with Crippen LogP contribution in [0.1, 0.15) is 36.9 Å². The van der Waals surface area contributed by atoms with Gasteiger partial charge in [-0.15, -0.1) is 0 Å². The molecule has 1 fully saturated rings. The molecule has 6 heteroatoms. The second-order valence-corrected chi connectivity index (χ2v) is 5.05. The maximum atomic E-state index is 12.2. The smallest absolute Gasteiger partial charge is 0.307 e. The molecule has 1 aromatic heterocycles. The van der Waals surface area contributed by atoms with Gasteiger partial charge in [0, 0.05) is 5.56 Å². The van der Waals surface area contributed by atoms with Crippen LogP contribution in [0.5, 0.6) is 0 Å². The normalized spacial score (nSPS) is 23.1. The fourth-order valence-electron chi connectivity index (χ4n) is 2.48. The molecule has 1 aliphatic rings. The predicted octanol–water partition coefficient (Wildman–Crippen LogP) is 2.12. The number of carbonyl (C=O) groups is 2. The molecule has 0 saturated heterocycles. The minimum absolute atomic E-state index is 0.286.